The molecule has 1 aliphatic rings. The number of aromatic nitrogens is 1. The molecule has 0 saturated carbocycles. The molecule has 3 aromatic rings. The number of thiophene rings is 1. The van der Waals surface area contributed by atoms with Crippen molar-refractivity contribution in [3.8, 4) is 27.4 Å². The van der Waals surface area contributed by atoms with Crippen LogP contribution < -0.4 is 15.8 Å². The number of nitrogens with one attached hydrogen (secondary N) is 1. The van der Waals surface area contributed by atoms with Crippen molar-refractivity contribution < 1.29 is 9.53 Å². The maximum atomic E-state index is 13.1. The molecule has 0 spiro atoms. The van der Waals surface area contributed by atoms with Gasteiger partial charge in [-0.3, -0.25) is 4.79 Å². The zero-order chi connectivity index (χ0) is 20.8. The summed E-state index contributed by atoms with van der Waals surface area (Å²) >= 11 is 1.68. The van der Waals surface area contributed by atoms with Crippen molar-refractivity contribution in [2.45, 2.75) is 33.7 Å². The lowest BCUT2D eigenvalue weighted by atomic mass is 9.95. The number of hydrogen-bond donors (Lipinski definition) is 2. The summed E-state index contributed by atoms with van der Waals surface area (Å²) in [7, 11) is 1.64. The third kappa shape index (κ3) is 3.65. The summed E-state index contributed by atoms with van der Waals surface area (Å²) in [5, 5.41) is 5.16. The third-order valence-electron chi connectivity index (χ3n) is 5.21. The average Bonchev–Trinajstić information content (AvgIpc) is 3.32. The Labute approximate surface area is 175 Å². The van der Waals surface area contributed by atoms with E-state index in [2.05, 4.69) is 42.1 Å². The maximum Gasteiger partial charge on any atom is 0.267 e. The van der Waals surface area contributed by atoms with E-state index >= 15 is 0 Å². The molecule has 3 heterocycles. The van der Waals surface area contributed by atoms with Crippen LogP contribution in [0.5, 0.6) is 5.75 Å². The van der Waals surface area contributed by atoms with Gasteiger partial charge in [0, 0.05) is 29.1 Å². The summed E-state index contributed by atoms with van der Waals surface area (Å²) in [4.78, 5) is 14.2. The molecule has 1 amide bonds. The number of methoxy groups -OCH3 is 1. The predicted molar refractivity (Wildman–Crippen MR) is 120 cm³/mol. The smallest absolute Gasteiger partial charge is 0.267 e. The van der Waals surface area contributed by atoms with Crippen LogP contribution in [-0.4, -0.2) is 24.1 Å². The van der Waals surface area contributed by atoms with E-state index in [4.69, 9.17) is 10.5 Å². The van der Waals surface area contributed by atoms with Crippen LogP contribution in [-0.2, 0) is 13.0 Å². The lowest BCUT2D eigenvalue weighted by molar-refractivity contribution is 0.0930. The van der Waals surface area contributed by atoms with Gasteiger partial charge in [-0.05, 0) is 47.0 Å². The Bertz CT molecular complexity index is 1060. The van der Waals surface area contributed by atoms with Gasteiger partial charge in [0.05, 0.1) is 18.5 Å². The number of rotatable bonds is 4. The number of nitrogen functional groups attached to an aromatic ring is 1. The minimum atomic E-state index is -0.0334. The van der Waals surface area contributed by atoms with E-state index in [1.54, 1.807) is 18.4 Å². The van der Waals surface area contributed by atoms with E-state index in [1.165, 1.54) is 5.56 Å². The van der Waals surface area contributed by atoms with Crippen LogP contribution in [0.3, 0.4) is 0 Å². The van der Waals surface area contributed by atoms with Crippen LogP contribution in [0, 0.1) is 5.41 Å². The Kier molecular flexibility index (Phi) is 4.90. The Morgan fingerprint density at radius 1 is 1.28 bits per heavy atom. The molecule has 0 radical (unpaired) electrons. The first-order valence-electron chi connectivity index (χ1n) is 9.81. The van der Waals surface area contributed by atoms with Gasteiger partial charge in [0.25, 0.3) is 5.91 Å². The SMILES string of the molecule is COc1cc2c(cc1N)-c1c(-c3cccs3)cc(C(=O)NCC(C)(C)C)n1CC2. The number of nitrogens with zero attached hydrogens (tertiary/aromatic N) is 1. The summed E-state index contributed by atoms with van der Waals surface area (Å²) in [5.41, 5.74) is 12.0. The number of carbonyl (C=O) groups is 1. The lowest BCUT2D eigenvalue weighted by Crippen LogP contribution is -2.33. The second-order valence-corrected chi connectivity index (χ2v) is 9.61. The molecule has 152 valence electrons. The first-order chi connectivity index (χ1) is 13.8. The highest BCUT2D eigenvalue weighted by Gasteiger charge is 2.28. The maximum absolute atomic E-state index is 13.1. The number of fused-ring (bicyclic) bond motifs is 3. The molecule has 0 aliphatic carbocycles. The second-order valence-electron chi connectivity index (χ2n) is 8.67. The van der Waals surface area contributed by atoms with Crippen molar-refractivity contribution in [3.63, 3.8) is 0 Å². The Morgan fingerprint density at radius 3 is 2.72 bits per heavy atom. The van der Waals surface area contributed by atoms with E-state index in [9.17, 15) is 4.79 Å². The van der Waals surface area contributed by atoms with Gasteiger partial charge in [-0.1, -0.05) is 26.8 Å². The van der Waals surface area contributed by atoms with E-state index in [0.717, 1.165) is 34.7 Å². The fourth-order valence-corrected chi connectivity index (χ4v) is 4.53. The highest BCUT2D eigenvalue weighted by molar-refractivity contribution is 7.13. The summed E-state index contributed by atoms with van der Waals surface area (Å²) < 4.78 is 7.56. The van der Waals surface area contributed by atoms with Gasteiger partial charge >= 0.3 is 0 Å². The Morgan fingerprint density at radius 2 is 2.07 bits per heavy atom. The highest BCUT2D eigenvalue weighted by atomic mass is 32.1. The monoisotopic (exact) mass is 409 g/mol. The molecule has 1 aromatic carbocycles. The number of nitrogens with two attached hydrogens (primary N) is 1. The topological polar surface area (TPSA) is 69.3 Å². The number of ether oxygens (including phenoxy) is 1. The normalized spacial score (nSPS) is 13.0. The molecular weight excluding hydrogens is 382 g/mol. The molecule has 0 atom stereocenters. The molecule has 0 bridgehead atoms. The minimum absolute atomic E-state index is 0.0289. The number of anilines is 1. The van der Waals surface area contributed by atoms with E-state index in [-0.39, 0.29) is 11.3 Å². The second kappa shape index (κ2) is 7.26. The fraction of sp³-hybridized carbons (Fsp3) is 0.348. The van der Waals surface area contributed by atoms with Gasteiger partial charge in [-0.2, -0.15) is 0 Å². The number of aryl methyl sites for hydroxylation is 1. The summed E-state index contributed by atoms with van der Waals surface area (Å²) in [5.74, 6) is 0.665. The van der Waals surface area contributed by atoms with Crippen molar-refractivity contribution in [1.82, 2.24) is 9.88 Å². The third-order valence-corrected chi connectivity index (χ3v) is 6.11. The zero-order valence-electron chi connectivity index (χ0n) is 17.3. The molecule has 29 heavy (non-hydrogen) atoms. The molecule has 0 unspecified atom stereocenters. The van der Waals surface area contributed by atoms with Gasteiger partial charge in [0.1, 0.15) is 11.4 Å². The van der Waals surface area contributed by atoms with Crippen molar-refractivity contribution in [1.29, 1.82) is 0 Å². The van der Waals surface area contributed by atoms with Crippen LogP contribution in [0.2, 0.25) is 0 Å². The summed E-state index contributed by atoms with van der Waals surface area (Å²) in [6.45, 7) is 7.72. The lowest BCUT2D eigenvalue weighted by Gasteiger charge is -2.24. The number of carbonyl (C=O) groups excluding carboxylic acids is 1. The molecule has 5 nitrogen and oxygen atoms in total. The molecule has 4 rings (SSSR count). The summed E-state index contributed by atoms with van der Waals surface area (Å²) in [6, 6.07) is 10.2. The largest absolute Gasteiger partial charge is 0.495 e. The van der Waals surface area contributed by atoms with Gasteiger partial charge in [0.2, 0.25) is 0 Å². The minimum Gasteiger partial charge on any atom is -0.495 e. The van der Waals surface area contributed by atoms with Crippen LogP contribution in [0.1, 0.15) is 36.8 Å². The predicted octanol–water partition coefficient (Wildman–Crippen LogP) is 4.81. The average molecular weight is 410 g/mol. The Hall–Kier alpha value is -2.73. The van der Waals surface area contributed by atoms with E-state index in [1.807, 2.05) is 24.3 Å². The van der Waals surface area contributed by atoms with Gasteiger partial charge in [-0.25, -0.2) is 0 Å². The number of amides is 1. The number of hydrogen-bond acceptors (Lipinski definition) is 4. The van der Waals surface area contributed by atoms with Crippen LogP contribution in [0.15, 0.2) is 35.7 Å². The Balaban J connectivity index is 1.85. The van der Waals surface area contributed by atoms with Gasteiger partial charge in [-0.15, -0.1) is 11.3 Å². The molecule has 1 aliphatic heterocycles. The van der Waals surface area contributed by atoms with Crippen molar-refractivity contribution in [3.05, 3.63) is 47.0 Å². The van der Waals surface area contributed by atoms with Gasteiger partial charge in [0.15, 0.2) is 0 Å². The molecule has 2 aromatic heterocycles. The quantitative estimate of drug-likeness (QED) is 0.608. The van der Waals surface area contributed by atoms with E-state index in [0.29, 0.717) is 23.7 Å². The van der Waals surface area contributed by atoms with Crippen LogP contribution >= 0.6 is 11.3 Å². The molecular formula is C23H27N3O2S. The first-order valence-corrected chi connectivity index (χ1v) is 10.7. The van der Waals surface area contributed by atoms with Crippen molar-refractivity contribution in [2.24, 2.45) is 5.41 Å². The van der Waals surface area contributed by atoms with Gasteiger partial charge < -0.3 is 20.4 Å². The summed E-state index contributed by atoms with van der Waals surface area (Å²) in [6.07, 6.45) is 0.830. The molecule has 0 fully saturated rings. The highest BCUT2D eigenvalue weighted by Crippen LogP contribution is 2.43. The van der Waals surface area contributed by atoms with Crippen molar-refractivity contribution in [2.75, 3.05) is 19.4 Å². The van der Waals surface area contributed by atoms with Crippen LogP contribution in [0.4, 0.5) is 5.69 Å². The molecule has 3 N–H and O–H groups in total. The zero-order valence-corrected chi connectivity index (χ0v) is 18.2. The first kappa shape index (κ1) is 19.6. The van der Waals surface area contributed by atoms with Crippen molar-refractivity contribution >= 4 is 22.9 Å². The fourth-order valence-electron chi connectivity index (χ4n) is 3.79. The molecule has 6 heteroatoms. The van der Waals surface area contributed by atoms with E-state index < -0.39 is 0 Å². The standard InChI is InChI=1S/C23H27N3O2S/c1-23(2,3)13-25-22(27)18-12-16(20-6-5-9-29-20)21-15-11-17(24)19(28-4)10-14(15)7-8-26(18)21/h5-6,9-12H,7-8,13,24H2,1-4H3,(H,25,27). The number of benzene rings is 1. The molecule has 0 saturated heterocycles. The van der Waals surface area contributed by atoms with Crippen LogP contribution in [0.25, 0.3) is 21.7 Å².